The lowest BCUT2D eigenvalue weighted by molar-refractivity contribution is -0.124. The van der Waals surface area contributed by atoms with Crippen molar-refractivity contribution in [3.05, 3.63) is 72.4 Å². The van der Waals surface area contributed by atoms with Gasteiger partial charge in [0.2, 0.25) is 5.91 Å². The van der Waals surface area contributed by atoms with Gasteiger partial charge in [-0.25, -0.2) is 9.37 Å². The van der Waals surface area contributed by atoms with Gasteiger partial charge < -0.3 is 15.2 Å². The van der Waals surface area contributed by atoms with Crippen molar-refractivity contribution in [2.45, 2.75) is 25.9 Å². The van der Waals surface area contributed by atoms with E-state index in [4.69, 9.17) is 4.98 Å². The molecule has 0 fully saturated rings. The first-order chi connectivity index (χ1) is 14.4. The molecule has 0 spiro atoms. The van der Waals surface area contributed by atoms with E-state index in [0.29, 0.717) is 11.5 Å². The molecule has 4 aromatic rings. The fourth-order valence-corrected chi connectivity index (χ4v) is 3.88. The molecule has 30 heavy (non-hydrogen) atoms. The number of anilines is 2. The van der Waals surface area contributed by atoms with Crippen molar-refractivity contribution in [1.82, 2.24) is 19.9 Å². The third kappa shape index (κ3) is 3.08. The van der Waals surface area contributed by atoms with E-state index in [2.05, 4.69) is 15.6 Å². The van der Waals surface area contributed by atoms with Crippen LogP contribution in [-0.4, -0.2) is 20.4 Å². The zero-order valence-corrected chi connectivity index (χ0v) is 16.6. The molecule has 1 aliphatic rings. The number of carbonyl (C=O) groups excluding carboxylic acids is 1. The van der Waals surface area contributed by atoms with Crippen LogP contribution in [0, 0.1) is 5.82 Å². The van der Waals surface area contributed by atoms with Gasteiger partial charge in [0.15, 0.2) is 0 Å². The molecule has 0 radical (unpaired) electrons. The Morgan fingerprint density at radius 1 is 1.13 bits per heavy atom. The minimum absolute atomic E-state index is 0.0877. The Morgan fingerprint density at radius 2 is 1.90 bits per heavy atom. The molecule has 0 aliphatic carbocycles. The summed E-state index contributed by atoms with van der Waals surface area (Å²) >= 11 is 0. The Balaban J connectivity index is 1.67. The number of halogens is 1. The zero-order chi connectivity index (χ0) is 20.9. The van der Waals surface area contributed by atoms with Gasteiger partial charge in [0.25, 0.3) is 0 Å². The molecule has 0 atom stereocenters. The third-order valence-corrected chi connectivity index (χ3v) is 5.25. The molecule has 1 amide bonds. The molecule has 7 heteroatoms. The number of imidazole rings is 1. The number of carbonyl (C=O) groups is 1. The van der Waals surface area contributed by atoms with E-state index in [9.17, 15) is 9.18 Å². The second-order valence-electron chi connectivity index (χ2n) is 7.94. The number of rotatable bonds is 3. The SMILES string of the molecule is CC1(C)NC(=O)Cn2c1nc(-c1ccc(F)cc1)c2Nc1cnc2ccccc2c1. The molecule has 2 N–H and O–H groups in total. The van der Waals surface area contributed by atoms with Crippen molar-refractivity contribution < 1.29 is 9.18 Å². The van der Waals surface area contributed by atoms with Gasteiger partial charge in [-0.05, 0) is 50.2 Å². The van der Waals surface area contributed by atoms with Gasteiger partial charge in [-0.1, -0.05) is 18.2 Å². The standard InChI is InChI=1S/C23H20FN5O/c1-23(2)22-27-20(14-7-9-16(24)10-8-14)21(29(22)13-19(30)28-23)26-17-11-15-5-3-4-6-18(15)25-12-17/h3-12,26H,13H2,1-2H3,(H,28,30). The van der Waals surface area contributed by atoms with E-state index >= 15 is 0 Å². The highest BCUT2D eigenvalue weighted by Crippen LogP contribution is 2.36. The van der Waals surface area contributed by atoms with Gasteiger partial charge in [0.05, 0.1) is 22.9 Å². The minimum atomic E-state index is -0.633. The van der Waals surface area contributed by atoms with Crippen LogP contribution in [-0.2, 0) is 16.9 Å². The lowest BCUT2D eigenvalue weighted by atomic mass is 10.0. The highest BCUT2D eigenvalue weighted by molar-refractivity contribution is 5.85. The smallest absolute Gasteiger partial charge is 0.240 e. The number of nitrogens with one attached hydrogen (secondary N) is 2. The van der Waals surface area contributed by atoms with E-state index in [1.165, 1.54) is 12.1 Å². The number of para-hydroxylation sites is 1. The summed E-state index contributed by atoms with van der Waals surface area (Å²) in [6.45, 7) is 3.98. The lowest BCUT2D eigenvalue weighted by Crippen LogP contribution is -2.49. The summed E-state index contributed by atoms with van der Waals surface area (Å²) in [6.07, 6.45) is 1.75. The van der Waals surface area contributed by atoms with Crippen molar-refractivity contribution in [2.75, 3.05) is 5.32 Å². The number of pyridine rings is 1. The van der Waals surface area contributed by atoms with Crippen molar-refractivity contribution in [1.29, 1.82) is 0 Å². The number of amides is 1. The van der Waals surface area contributed by atoms with Crippen LogP contribution in [0.25, 0.3) is 22.2 Å². The molecule has 2 aromatic carbocycles. The van der Waals surface area contributed by atoms with E-state index in [0.717, 1.165) is 28.0 Å². The van der Waals surface area contributed by atoms with E-state index < -0.39 is 5.54 Å². The predicted octanol–water partition coefficient (Wildman–Crippen LogP) is 4.35. The number of nitrogens with zero attached hydrogens (tertiary/aromatic N) is 3. The Morgan fingerprint density at radius 3 is 2.70 bits per heavy atom. The van der Waals surface area contributed by atoms with Crippen molar-refractivity contribution >= 4 is 28.3 Å². The average molecular weight is 401 g/mol. The van der Waals surface area contributed by atoms with Crippen LogP contribution in [0.1, 0.15) is 19.7 Å². The summed E-state index contributed by atoms with van der Waals surface area (Å²) < 4.78 is 15.4. The van der Waals surface area contributed by atoms with Gasteiger partial charge in [-0.15, -0.1) is 0 Å². The Bertz CT molecular complexity index is 1280. The van der Waals surface area contributed by atoms with Crippen molar-refractivity contribution in [2.24, 2.45) is 0 Å². The summed E-state index contributed by atoms with van der Waals surface area (Å²) in [5.74, 6) is 1.01. The largest absolute Gasteiger partial charge is 0.342 e. The highest BCUT2D eigenvalue weighted by atomic mass is 19.1. The molecule has 150 valence electrons. The van der Waals surface area contributed by atoms with Gasteiger partial charge in [-0.3, -0.25) is 9.78 Å². The second kappa shape index (κ2) is 6.66. The van der Waals surface area contributed by atoms with E-state index in [1.54, 1.807) is 18.3 Å². The monoisotopic (exact) mass is 401 g/mol. The summed E-state index contributed by atoms with van der Waals surface area (Å²) in [6, 6.07) is 16.1. The normalized spacial score (nSPS) is 15.0. The fraction of sp³-hybridized carbons (Fsp3) is 0.174. The molecule has 2 aromatic heterocycles. The van der Waals surface area contributed by atoms with Gasteiger partial charge in [0.1, 0.15) is 29.7 Å². The molecule has 0 bridgehead atoms. The Labute approximate surface area is 172 Å². The maximum atomic E-state index is 13.5. The van der Waals surface area contributed by atoms with E-state index in [1.807, 2.05) is 48.7 Å². The Hall–Kier alpha value is -3.74. The summed E-state index contributed by atoms with van der Waals surface area (Å²) in [5.41, 5.74) is 2.47. The maximum Gasteiger partial charge on any atom is 0.240 e. The quantitative estimate of drug-likeness (QED) is 0.536. The summed E-state index contributed by atoms with van der Waals surface area (Å²) in [7, 11) is 0. The van der Waals surface area contributed by atoms with Crippen LogP contribution in [0.4, 0.5) is 15.9 Å². The molecule has 0 saturated carbocycles. The molecule has 0 unspecified atom stereocenters. The lowest BCUT2D eigenvalue weighted by Gasteiger charge is -2.31. The molecule has 6 nitrogen and oxygen atoms in total. The third-order valence-electron chi connectivity index (χ3n) is 5.25. The minimum Gasteiger partial charge on any atom is -0.342 e. The van der Waals surface area contributed by atoms with Crippen molar-refractivity contribution in [3.63, 3.8) is 0 Å². The van der Waals surface area contributed by atoms with Crippen LogP contribution < -0.4 is 10.6 Å². The van der Waals surface area contributed by atoms with Crippen LogP contribution in [0.3, 0.4) is 0 Å². The first-order valence-electron chi connectivity index (χ1n) is 9.70. The van der Waals surface area contributed by atoms with Crippen LogP contribution in [0.2, 0.25) is 0 Å². The summed E-state index contributed by atoms with van der Waals surface area (Å²) in [4.78, 5) is 21.7. The highest BCUT2D eigenvalue weighted by Gasteiger charge is 2.36. The summed E-state index contributed by atoms with van der Waals surface area (Å²) in [5, 5.41) is 7.39. The first kappa shape index (κ1) is 18.3. The zero-order valence-electron chi connectivity index (χ0n) is 16.6. The average Bonchev–Trinajstić information content (AvgIpc) is 3.07. The molecule has 0 saturated heterocycles. The van der Waals surface area contributed by atoms with Crippen molar-refractivity contribution in [3.8, 4) is 11.3 Å². The number of hydrogen-bond acceptors (Lipinski definition) is 4. The molecule has 3 heterocycles. The Kier molecular flexibility index (Phi) is 4.06. The number of benzene rings is 2. The van der Waals surface area contributed by atoms with Gasteiger partial charge in [-0.2, -0.15) is 0 Å². The number of fused-ring (bicyclic) bond motifs is 2. The predicted molar refractivity (Wildman–Crippen MR) is 114 cm³/mol. The second-order valence-corrected chi connectivity index (χ2v) is 7.94. The number of aromatic nitrogens is 3. The van der Waals surface area contributed by atoms with Crippen LogP contribution in [0.5, 0.6) is 0 Å². The molecular weight excluding hydrogens is 381 g/mol. The number of hydrogen-bond donors (Lipinski definition) is 2. The maximum absolute atomic E-state index is 13.5. The van der Waals surface area contributed by atoms with Gasteiger partial charge >= 0.3 is 0 Å². The topological polar surface area (TPSA) is 71.8 Å². The molecule has 1 aliphatic heterocycles. The molecular formula is C23H20FN5O. The first-order valence-corrected chi connectivity index (χ1v) is 9.70. The molecule has 5 rings (SSSR count). The van der Waals surface area contributed by atoms with E-state index in [-0.39, 0.29) is 18.3 Å². The van der Waals surface area contributed by atoms with Crippen LogP contribution >= 0.6 is 0 Å². The fourth-order valence-electron chi connectivity index (χ4n) is 3.88. The van der Waals surface area contributed by atoms with Gasteiger partial charge in [0, 0.05) is 10.9 Å². The van der Waals surface area contributed by atoms with Crippen LogP contribution in [0.15, 0.2) is 60.8 Å².